The predicted molar refractivity (Wildman–Crippen MR) is 111 cm³/mol. The lowest BCUT2D eigenvalue weighted by Crippen LogP contribution is -2.22. The molecular formula is C20H25ClN2OS. The molecule has 0 radical (unpaired) electrons. The summed E-state index contributed by atoms with van der Waals surface area (Å²) in [7, 11) is 1.70. The minimum absolute atomic E-state index is 0. The van der Waals surface area contributed by atoms with Crippen LogP contribution in [0.15, 0.2) is 30.9 Å². The standard InChI is InChI=1S/C20H24N2OS.ClH/c1-4-12-22-13-6-5-7-17-20(22)24-19(21-17)11-9-16-8-10-18(23-3)15(2)14-16;/h4,8-11,14H,1,5-7,12-13H2,2-3H3;1H/b11-9+;. The zero-order valence-electron chi connectivity index (χ0n) is 14.8. The first kappa shape index (κ1) is 19.5. The van der Waals surface area contributed by atoms with Crippen LogP contribution in [0.5, 0.6) is 5.75 Å². The van der Waals surface area contributed by atoms with Crippen LogP contribution in [0.3, 0.4) is 0 Å². The highest BCUT2D eigenvalue weighted by molar-refractivity contribution is 7.16. The van der Waals surface area contributed by atoms with E-state index in [0.717, 1.165) is 35.8 Å². The molecule has 0 atom stereocenters. The van der Waals surface area contributed by atoms with E-state index in [1.807, 2.05) is 12.1 Å². The minimum Gasteiger partial charge on any atom is -0.496 e. The largest absolute Gasteiger partial charge is 0.496 e. The summed E-state index contributed by atoms with van der Waals surface area (Å²) in [6.45, 7) is 7.94. The van der Waals surface area contributed by atoms with Crippen molar-refractivity contribution < 1.29 is 4.74 Å². The van der Waals surface area contributed by atoms with Crippen LogP contribution >= 0.6 is 23.7 Å². The van der Waals surface area contributed by atoms with Crippen molar-refractivity contribution in [2.45, 2.75) is 26.2 Å². The predicted octanol–water partition coefficient (Wildman–Crippen LogP) is 5.38. The zero-order chi connectivity index (χ0) is 16.9. The fraction of sp³-hybridized carbons (Fsp3) is 0.350. The molecule has 0 saturated carbocycles. The summed E-state index contributed by atoms with van der Waals surface area (Å²) < 4.78 is 5.32. The average Bonchev–Trinajstić information content (AvgIpc) is 2.90. The fourth-order valence-corrected chi connectivity index (χ4v) is 4.09. The number of benzene rings is 1. The topological polar surface area (TPSA) is 25.4 Å². The van der Waals surface area contributed by atoms with E-state index in [2.05, 4.69) is 42.7 Å². The van der Waals surface area contributed by atoms with Crippen LogP contribution in [-0.2, 0) is 6.42 Å². The summed E-state index contributed by atoms with van der Waals surface area (Å²) in [4.78, 5) is 7.25. The van der Waals surface area contributed by atoms with E-state index in [1.165, 1.54) is 29.1 Å². The van der Waals surface area contributed by atoms with Crippen molar-refractivity contribution in [1.82, 2.24) is 4.98 Å². The third-order valence-corrected chi connectivity index (χ3v) is 5.38. The summed E-state index contributed by atoms with van der Waals surface area (Å²) >= 11 is 1.78. The normalized spacial score (nSPS) is 13.9. The van der Waals surface area contributed by atoms with Gasteiger partial charge in [-0.3, -0.25) is 0 Å². The van der Waals surface area contributed by atoms with E-state index in [9.17, 15) is 0 Å². The molecule has 3 nitrogen and oxygen atoms in total. The van der Waals surface area contributed by atoms with Crippen LogP contribution in [0.25, 0.3) is 12.2 Å². The summed E-state index contributed by atoms with van der Waals surface area (Å²) in [5, 5.41) is 2.39. The van der Waals surface area contributed by atoms with Crippen LogP contribution in [0.1, 0.15) is 34.7 Å². The molecule has 0 amide bonds. The molecule has 2 aromatic rings. The smallest absolute Gasteiger partial charge is 0.121 e. The molecule has 3 rings (SSSR count). The first-order chi connectivity index (χ1) is 11.7. The van der Waals surface area contributed by atoms with Gasteiger partial charge in [-0.1, -0.05) is 29.6 Å². The Bertz CT molecular complexity index is 754. The number of aryl methyl sites for hydroxylation is 2. The summed E-state index contributed by atoms with van der Waals surface area (Å²) in [5.74, 6) is 0.924. The number of thiazole rings is 1. The molecule has 0 bridgehead atoms. The van der Waals surface area contributed by atoms with Gasteiger partial charge in [-0.25, -0.2) is 4.98 Å². The Morgan fingerprint density at radius 2 is 2.16 bits per heavy atom. The second-order valence-corrected chi connectivity index (χ2v) is 7.07. The van der Waals surface area contributed by atoms with Gasteiger partial charge < -0.3 is 9.64 Å². The number of hydrogen-bond acceptors (Lipinski definition) is 4. The number of rotatable bonds is 5. The molecular weight excluding hydrogens is 352 g/mol. The van der Waals surface area contributed by atoms with Crippen molar-refractivity contribution in [3.63, 3.8) is 0 Å². The summed E-state index contributed by atoms with van der Waals surface area (Å²) in [6.07, 6.45) is 9.74. The number of aromatic nitrogens is 1. The molecule has 0 N–H and O–H groups in total. The lowest BCUT2D eigenvalue weighted by Gasteiger charge is -2.19. The van der Waals surface area contributed by atoms with E-state index in [4.69, 9.17) is 9.72 Å². The maximum absolute atomic E-state index is 5.32. The molecule has 25 heavy (non-hydrogen) atoms. The highest BCUT2D eigenvalue weighted by atomic mass is 35.5. The van der Waals surface area contributed by atoms with Gasteiger partial charge >= 0.3 is 0 Å². The van der Waals surface area contributed by atoms with E-state index in [0.29, 0.717) is 0 Å². The molecule has 0 fully saturated rings. The highest BCUT2D eigenvalue weighted by Gasteiger charge is 2.18. The maximum Gasteiger partial charge on any atom is 0.121 e. The molecule has 0 unspecified atom stereocenters. The monoisotopic (exact) mass is 376 g/mol. The molecule has 0 saturated heterocycles. The van der Waals surface area contributed by atoms with Gasteiger partial charge in [-0.15, -0.1) is 19.0 Å². The second kappa shape index (κ2) is 9.07. The third kappa shape index (κ3) is 4.65. The highest BCUT2D eigenvalue weighted by Crippen LogP contribution is 2.33. The molecule has 0 spiro atoms. The minimum atomic E-state index is 0. The Kier molecular flexibility index (Phi) is 7.09. The molecule has 1 aromatic carbocycles. The van der Waals surface area contributed by atoms with Gasteiger partial charge in [-0.2, -0.15) is 0 Å². The molecule has 1 aliphatic heterocycles. The van der Waals surface area contributed by atoms with Crippen LogP contribution in [-0.4, -0.2) is 25.2 Å². The van der Waals surface area contributed by atoms with Crippen molar-refractivity contribution in [3.05, 3.63) is 52.7 Å². The lowest BCUT2D eigenvalue weighted by molar-refractivity contribution is 0.411. The average molecular weight is 377 g/mol. The van der Waals surface area contributed by atoms with Gasteiger partial charge in [0.2, 0.25) is 0 Å². The molecule has 2 heterocycles. The second-order valence-electron chi connectivity index (χ2n) is 6.06. The van der Waals surface area contributed by atoms with Crippen molar-refractivity contribution >= 4 is 40.9 Å². The van der Waals surface area contributed by atoms with Crippen molar-refractivity contribution in [2.24, 2.45) is 0 Å². The summed E-state index contributed by atoms with van der Waals surface area (Å²) in [5.41, 5.74) is 3.55. The van der Waals surface area contributed by atoms with Crippen LogP contribution in [0.4, 0.5) is 5.00 Å². The Morgan fingerprint density at radius 1 is 1.32 bits per heavy atom. The van der Waals surface area contributed by atoms with Crippen LogP contribution in [0.2, 0.25) is 0 Å². The molecule has 1 aliphatic rings. The van der Waals surface area contributed by atoms with Gasteiger partial charge in [0.1, 0.15) is 15.8 Å². The number of nitrogens with zero attached hydrogens (tertiary/aromatic N) is 2. The number of halogens is 1. The first-order valence-electron chi connectivity index (χ1n) is 8.39. The first-order valence-corrected chi connectivity index (χ1v) is 9.21. The number of methoxy groups -OCH3 is 1. The number of hydrogen-bond donors (Lipinski definition) is 0. The van der Waals surface area contributed by atoms with E-state index in [-0.39, 0.29) is 12.4 Å². The number of anilines is 1. The molecule has 134 valence electrons. The SMILES string of the molecule is C=CCN1CCCCc2nc(/C=C/c3ccc(OC)c(C)c3)sc21.Cl. The molecule has 0 aliphatic carbocycles. The van der Waals surface area contributed by atoms with Crippen molar-refractivity contribution in [3.8, 4) is 5.75 Å². The van der Waals surface area contributed by atoms with Crippen LogP contribution < -0.4 is 9.64 Å². The van der Waals surface area contributed by atoms with E-state index in [1.54, 1.807) is 18.4 Å². The number of fused-ring (bicyclic) bond motifs is 1. The van der Waals surface area contributed by atoms with Gasteiger partial charge in [0.05, 0.1) is 12.8 Å². The van der Waals surface area contributed by atoms with Gasteiger partial charge in [-0.05, 0) is 55.5 Å². The van der Waals surface area contributed by atoms with Crippen molar-refractivity contribution in [2.75, 3.05) is 25.1 Å². The van der Waals surface area contributed by atoms with Crippen molar-refractivity contribution in [1.29, 1.82) is 0 Å². The number of ether oxygens (including phenoxy) is 1. The van der Waals surface area contributed by atoms with Crippen LogP contribution in [0, 0.1) is 6.92 Å². The van der Waals surface area contributed by atoms with Gasteiger partial charge in [0.25, 0.3) is 0 Å². The Balaban J connectivity index is 0.00000225. The third-order valence-electron chi connectivity index (χ3n) is 4.26. The Labute approximate surface area is 160 Å². The van der Waals surface area contributed by atoms with E-state index < -0.39 is 0 Å². The maximum atomic E-state index is 5.32. The molecule has 1 aromatic heterocycles. The fourth-order valence-electron chi connectivity index (χ4n) is 3.04. The molecule has 5 heteroatoms. The quantitative estimate of drug-likeness (QED) is 0.655. The Morgan fingerprint density at radius 3 is 2.88 bits per heavy atom. The lowest BCUT2D eigenvalue weighted by atomic mass is 10.1. The van der Waals surface area contributed by atoms with Gasteiger partial charge in [0.15, 0.2) is 0 Å². The summed E-state index contributed by atoms with van der Waals surface area (Å²) in [6, 6.07) is 6.22. The van der Waals surface area contributed by atoms with Gasteiger partial charge in [0, 0.05) is 13.1 Å². The van der Waals surface area contributed by atoms with E-state index >= 15 is 0 Å². The zero-order valence-corrected chi connectivity index (χ0v) is 16.5. The Hall–Kier alpha value is -1.78.